The molecule has 1 atom stereocenters. The highest BCUT2D eigenvalue weighted by atomic mass is 79.9. The number of amides is 2. The van der Waals surface area contributed by atoms with Gasteiger partial charge in [0.15, 0.2) is 0 Å². The summed E-state index contributed by atoms with van der Waals surface area (Å²) in [5, 5.41) is 2.94. The zero-order valence-electron chi connectivity index (χ0n) is 22.0. The van der Waals surface area contributed by atoms with E-state index < -0.39 is 34.3 Å². The number of anilines is 1. The molecule has 0 aliphatic rings. The lowest BCUT2D eigenvalue weighted by atomic mass is 10.0. The first kappa shape index (κ1) is 30.3. The van der Waals surface area contributed by atoms with Crippen LogP contribution in [0.25, 0.3) is 0 Å². The molecule has 3 aromatic carbocycles. The molecule has 0 radical (unpaired) electrons. The average molecular weight is 619 g/mol. The maximum absolute atomic E-state index is 13.9. The van der Waals surface area contributed by atoms with Crippen LogP contribution in [0.1, 0.15) is 30.9 Å². The molecule has 0 spiro atoms. The SMILES string of the molecule is CCCCNC(=O)[C@@H](Cc1ccccc1)N(Cc1cccc(Br)c1)C(=O)CN(c1ccc(F)cc1)S(C)(=O)=O. The van der Waals surface area contributed by atoms with Crippen molar-refractivity contribution in [1.29, 1.82) is 0 Å². The zero-order chi connectivity index (χ0) is 28.4. The molecule has 0 aromatic heterocycles. The molecule has 10 heteroatoms. The van der Waals surface area contributed by atoms with Crippen LogP contribution in [-0.2, 0) is 32.6 Å². The molecule has 208 valence electrons. The van der Waals surface area contributed by atoms with Gasteiger partial charge in [0.2, 0.25) is 21.8 Å². The molecule has 0 saturated heterocycles. The standard InChI is InChI=1S/C29H33BrFN3O4S/c1-3-4-17-32-29(36)27(19-22-9-6-5-7-10-22)33(20-23-11-8-12-24(30)18-23)28(35)21-34(39(2,37)38)26-15-13-25(31)14-16-26/h5-16,18,27H,3-4,17,19-21H2,1-2H3,(H,32,36)/t27-/m1/s1. The number of hydrogen-bond donors (Lipinski definition) is 1. The summed E-state index contributed by atoms with van der Waals surface area (Å²) < 4.78 is 40.7. The van der Waals surface area contributed by atoms with Crippen LogP contribution in [0.2, 0.25) is 0 Å². The van der Waals surface area contributed by atoms with E-state index in [1.54, 1.807) is 0 Å². The second-order valence-corrected chi connectivity index (χ2v) is 12.1. The summed E-state index contributed by atoms with van der Waals surface area (Å²) >= 11 is 3.45. The number of hydrogen-bond acceptors (Lipinski definition) is 4. The summed E-state index contributed by atoms with van der Waals surface area (Å²) in [6.07, 6.45) is 2.91. The van der Waals surface area contributed by atoms with E-state index >= 15 is 0 Å². The minimum atomic E-state index is -3.91. The van der Waals surface area contributed by atoms with Gasteiger partial charge >= 0.3 is 0 Å². The summed E-state index contributed by atoms with van der Waals surface area (Å²) in [4.78, 5) is 28.9. The summed E-state index contributed by atoms with van der Waals surface area (Å²) in [7, 11) is -3.91. The summed E-state index contributed by atoms with van der Waals surface area (Å²) in [5.41, 5.74) is 1.78. The predicted molar refractivity (Wildman–Crippen MR) is 155 cm³/mol. The Hall–Kier alpha value is -3.24. The lowest BCUT2D eigenvalue weighted by molar-refractivity contribution is -0.140. The van der Waals surface area contributed by atoms with E-state index in [4.69, 9.17) is 0 Å². The third-order valence-electron chi connectivity index (χ3n) is 6.14. The normalized spacial score (nSPS) is 12.0. The Labute approximate surface area is 238 Å². The molecule has 0 fully saturated rings. The molecule has 0 unspecified atom stereocenters. The number of unbranched alkanes of at least 4 members (excludes halogenated alkanes) is 1. The zero-order valence-corrected chi connectivity index (χ0v) is 24.4. The van der Waals surface area contributed by atoms with Crippen LogP contribution in [-0.4, -0.2) is 50.5 Å². The van der Waals surface area contributed by atoms with Crippen molar-refractivity contribution in [2.75, 3.05) is 23.7 Å². The Bertz CT molecular complexity index is 1350. The van der Waals surface area contributed by atoms with Crippen molar-refractivity contribution in [2.24, 2.45) is 0 Å². The van der Waals surface area contributed by atoms with Gasteiger partial charge in [-0.1, -0.05) is 71.7 Å². The highest BCUT2D eigenvalue weighted by Crippen LogP contribution is 2.21. The first-order chi connectivity index (χ1) is 18.6. The first-order valence-electron chi connectivity index (χ1n) is 12.7. The van der Waals surface area contributed by atoms with Gasteiger partial charge in [-0.2, -0.15) is 0 Å². The maximum atomic E-state index is 13.9. The lowest BCUT2D eigenvalue weighted by Gasteiger charge is -2.33. The van der Waals surface area contributed by atoms with Gasteiger partial charge in [-0.3, -0.25) is 13.9 Å². The number of sulfonamides is 1. The third-order valence-corrected chi connectivity index (χ3v) is 7.77. The van der Waals surface area contributed by atoms with Crippen LogP contribution in [0.5, 0.6) is 0 Å². The van der Waals surface area contributed by atoms with Crippen LogP contribution in [0.15, 0.2) is 83.3 Å². The molecule has 7 nitrogen and oxygen atoms in total. The summed E-state index contributed by atoms with van der Waals surface area (Å²) in [6, 6.07) is 20.7. The number of carbonyl (C=O) groups excluding carboxylic acids is 2. The largest absolute Gasteiger partial charge is 0.354 e. The molecule has 39 heavy (non-hydrogen) atoms. The Balaban J connectivity index is 2.02. The monoisotopic (exact) mass is 617 g/mol. The Morgan fingerprint density at radius 3 is 2.26 bits per heavy atom. The summed E-state index contributed by atoms with van der Waals surface area (Å²) in [6.45, 7) is 2.01. The third kappa shape index (κ3) is 9.18. The number of benzene rings is 3. The van der Waals surface area contributed by atoms with E-state index in [1.165, 1.54) is 17.0 Å². The molecule has 1 N–H and O–H groups in total. The fourth-order valence-corrected chi connectivity index (χ4v) is 5.41. The maximum Gasteiger partial charge on any atom is 0.244 e. The molecule has 2 amide bonds. The molecule has 0 saturated carbocycles. The van der Waals surface area contributed by atoms with Gasteiger partial charge < -0.3 is 10.2 Å². The van der Waals surface area contributed by atoms with E-state index in [0.717, 1.165) is 51.1 Å². The van der Waals surface area contributed by atoms with Gasteiger partial charge in [0, 0.05) is 24.0 Å². The van der Waals surface area contributed by atoms with E-state index in [1.807, 2.05) is 61.5 Å². The topological polar surface area (TPSA) is 86.8 Å². The highest BCUT2D eigenvalue weighted by molar-refractivity contribution is 9.10. The van der Waals surface area contributed by atoms with E-state index in [-0.39, 0.29) is 24.6 Å². The van der Waals surface area contributed by atoms with Crippen molar-refractivity contribution in [3.63, 3.8) is 0 Å². The van der Waals surface area contributed by atoms with Gasteiger partial charge in [0.1, 0.15) is 18.4 Å². The fraction of sp³-hybridized carbons (Fsp3) is 0.310. The minimum Gasteiger partial charge on any atom is -0.354 e. The van der Waals surface area contributed by atoms with Crippen LogP contribution in [0.3, 0.4) is 0 Å². The van der Waals surface area contributed by atoms with E-state index in [2.05, 4.69) is 21.2 Å². The minimum absolute atomic E-state index is 0.0813. The second kappa shape index (κ2) is 14.2. The van der Waals surface area contributed by atoms with E-state index in [0.29, 0.717) is 6.54 Å². The number of carbonyl (C=O) groups is 2. The van der Waals surface area contributed by atoms with Crippen molar-refractivity contribution in [3.05, 3.63) is 100 Å². The van der Waals surface area contributed by atoms with E-state index in [9.17, 15) is 22.4 Å². The molecule has 0 heterocycles. The number of nitrogens with one attached hydrogen (secondary N) is 1. The molecule has 0 aliphatic heterocycles. The predicted octanol–water partition coefficient (Wildman–Crippen LogP) is 4.91. The molecule has 0 bridgehead atoms. The Morgan fingerprint density at radius 2 is 1.64 bits per heavy atom. The first-order valence-corrected chi connectivity index (χ1v) is 15.3. The van der Waals surface area contributed by atoms with Crippen LogP contribution in [0.4, 0.5) is 10.1 Å². The van der Waals surface area contributed by atoms with Crippen molar-refractivity contribution in [1.82, 2.24) is 10.2 Å². The number of nitrogens with zero attached hydrogens (tertiary/aromatic N) is 2. The lowest BCUT2D eigenvalue weighted by Crippen LogP contribution is -2.53. The molecule has 3 rings (SSSR count). The van der Waals surface area contributed by atoms with Crippen molar-refractivity contribution in [3.8, 4) is 0 Å². The molecule has 0 aliphatic carbocycles. The van der Waals surface area contributed by atoms with Crippen LogP contribution in [0, 0.1) is 5.82 Å². The van der Waals surface area contributed by atoms with Crippen molar-refractivity contribution in [2.45, 2.75) is 38.8 Å². The van der Waals surface area contributed by atoms with Crippen LogP contribution >= 0.6 is 15.9 Å². The van der Waals surface area contributed by atoms with Gasteiger partial charge in [0.05, 0.1) is 11.9 Å². The summed E-state index contributed by atoms with van der Waals surface area (Å²) in [5.74, 6) is -1.40. The number of halogens is 2. The van der Waals surface area contributed by atoms with Crippen LogP contribution < -0.4 is 9.62 Å². The number of rotatable bonds is 13. The Morgan fingerprint density at radius 1 is 0.974 bits per heavy atom. The van der Waals surface area contributed by atoms with Gasteiger partial charge in [-0.15, -0.1) is 0 Å². The Kier molecular flexibility index (Phi) is 11.1. The van der Waals surface area contributed by atoms with Gasteiger partial charge in [-0.05, 0) is 53.9 Å². The van der Waals surface area contributed by atoms with Gasteiger partial charge in [0.25, 0.3) is 0 Å². The molecule has 3 aromatic rings. The second-order valence-electron chi connectivity index (χ2n) is 9.25. The average Bonchev–Trinajstić information content (AvgIpc) is 2.90. The quantitative estimate of drug-likeness (QED) is 0.276. The molecular formula is C29H33BrFN3O4S. The van der Waals surface area contributed by atoms with Crippen molar-refractivity contribution >= 4 is 43.5 Å². The highest BCUT2D eigenvalue weighted by Gasteiger charge is 2.33. The smallest absolute Gasteiger partial charge is 0.244 e. The van der Waals surface area contributed by atoms with Crippen molar-refractivity contribution < 1.29 is 22.4 Å². The molecular weight excluding hydrogens is 585 g/mol. The fourth-order valence-electron chi connectivity index (χ4n) is 4.11. The van der Waals surface area contributed by atoms with Gasteiger partial charge in [-0.25, -0.2) is 12.8 Å².